The largest absolute Gasteiger partial charge is 0.365 e. The highest BCUT2D eigenvalue weighted by atomic mass is 32.2. The zero-order chi connectivity index (χ0) is 24.7. The lowest BCUT2D eigenvalue weighted by molar-refractivity contribution is -0.113. The average molecular weight is 480 g/mol. The molecule has 1 amide bonds. The third-order valence-corrected chi connectivity index (χ3v) is 7.66. The van der Waals surface area contributed by atoms with Crippen LogP contribution < -0.4 is 9.80 Å². The van der Waals surface area contributed by atoms with Crippen molar-refractivity contribution < 1.29 is 4.79 Å². The van der Waals surface area contributed by atoms with Crippen LogP contribution in [0.15, 0.2) is 88.8 Å². The van der Waals surface area contributed by atoms with E-state index in [2.05, 4.69) is 57.9 Å². The molecule has 4 nitrogen and oxygen atoms in total. The second-order valence-corrected chi connectivity index (χ2v) is 10.6. The number of likely N-dealkylation sites (N-methyl/N-ethyl adjacent to an activating group) is 1. The molecule has 0 radical (unpaired) electrons. The molecule has 0 bridgehead atoms. The van der Waals surface area contributed by atoms with Crippen LogP contribution in [-0.4, -0.2) is 23.7 Å². The van der Waals surface area contributed by atoms with Crippen molar-refractivity contribution >= 4 is 51.5 Å². The minimum Gasteiger partial charge on any atom is -0.365 e. The van der Waals surface area contributed by atoms with Crippen molar-refractivity contribution in [3.63, 3.8) is 0 Å². The number of rotatable bonds is 3. The Hall–Kier alpha value is -3.57. The lowest BCUT2D eigenvalue weighted by atomic mass is 9.87. The summed E-state index contributed by atoms with van der Waals surface area (Å²) in [5.41, 5.74) is 7.46. The van der Waals surface area contributed by atoms with E-state index < -0.39 is 0 Å². The van der Waals surface area contributed by atoms with E-state index in [1.54, 1.807) is 4.90 Å². The number of aliphatic imine (C=N–C) groups is 1. The Morgan fingerprint density at radius 2 is 1.60 bits per heavy atom. The number of hydrogen-bond donors (Lipinski definition) is 0. The van der Waals surface area contributed by atoms with Gasteiger partial charge < -0.3 is 4.90 Å². The first-order chi connectivity index (χ1) is 16.7. The number of amidine groups is 1. The minimum atomic E-state index is -0.0569. The minimum absolute atomic E-state index is 0.0419. The van der Waals surface area contributed by atoms with Crippen LogP contribution in [-0.2, 0) is 4.79 Å². The summed E-state index contributed by atoms with van der Waals surface area (Å²) in [6.45, 7) is 8.73. The Bertz CT molecular complexity index is 1390. The van der Waals surface area contributed by atoms with Gasteiger partial charge in [0.2, 0.25) is 0 Å². The summed E-state index contributed by atoms with van der Waals surface area (Å²) in [5.74, 6) is -0.0569. The first kappa shape index (κ1) is 23.2. The second-order valence-electron chi connectivity index (χ2n) is 9.58. The standard InChI is InChI=1S/C30H29N3OS/c1-20-16-26-25(21(2)19-30(3,4)32(26)5)17-22(20)18-27-28(34)33(24-14-10-7-11-15-24)29(35-27)31-23-12-8-6-9-13-23/h6-19H,1-5H3/b27-18+,31-29?. The molecule has 0 N–H and O–H groups in total. The quantitative estimate of drug-likeness (QED) is 0.366. The molecule has 0 atom stereocenters. The number of allylic oxidation sites excluding steroid dienone is 1. The molecule has 5 rings (SSSR count). The molecule has 2 aliphatic rings. The molecule has 0 unspecified atom stereocenters. The summed E-state index contributed by atoms with van der Waals surface area (Å²) in [7, 11) is 2.14. The zero-order valence-electron chi connectivity index (χ0n) is 20.7. The predicted molar refractivity (Wildman–Crippen MR) is 150 cm³/mol. The summed E-state index contributed by atoms with van der Waals surface area (Å²) < 4.78 is 0. The highest BCUT2D eigenvalue weighted by Gasteiger charge is 2.35. The van der Waals surface area contributed by atoms with Gasteiger partial charge in [-0.25, -0.2) is 4.99 Å². The van der Waals surface area contributed by atoms with E-state index in [4.69, 9.17) is 4.99 Å². The molecule has 2 aliphatic heterocycles. The van der Waals surface area contributed by atoms with Gasteiger partial charge in [0.15, 0.2) is 5.17 Å². The molecule has 0 aliphatic carbocycles. The van der Waals surface area contributed by atoms with E-state index >= 15 is 0 Å². The molecule has 176 valence electrons. The number of para-hydroxylation sites is 2. The van der Waals surface area contributed by atoms with E-state index in [-0.39, 0.29) is 11.4 Å². The first-order valence-electron chi connectivity index (χ1n) is 11.8. The van der Waals surface area contributed by atoms with Crippen molar-refractivity contribution in [1.29, 1.82) is 0 Å². The van der Waals surface area contributed by atoms with E-state index in [0.717, 1.165) is 22.5 Å². The summed E-state index contributed by atoms with van der Waals surface area (Å²) in [4.78, 5) is 23.2. The van der Waals surface area contributed by atoms with E-state index in [9.17, 15) is 4.79 Å². The van der Waals surface area contributed by atoms with E-state index in [1.165, 1.54) is 28.6 Å². The van der Waals surface area contributed by atoms with Gasteiger partial charge in [-0.15, -0.1) is 0 Å². The van der Waals surface area contributed by atoms with E-state index in [0.29, 0.717) is 10.1 Å². The monoisotopic (exact) mass is 479 g/mol. The SMILES string of the molecule is CC1=CC(C)(C)N(C)c2cc(C)c(/C=C3/SC(=Nc4ccccc4)N(c4ccccc4)C3=O)cc21. The Morgan fingerprint density at radius 1 is 0.943 bits per heavy atom. The van der Waals surface area contributed by atoms with Crippen molar-refractivity contribution in [2.24, 2.45) is 4.99 Å². The maximum atomic E-state index is 13.6. The van der Waals surface area contributed by atoms with Crippen LogP contribution in [0.5, 0.6) is 0 Å². The van der Waals surface area contributed by atoms with Crippen LogP contribution in [0.2, 0.25) is 0 Å². The lowest BCUT2D eigenvalue weighted by Gasteiger charge is -2.41. The van der Waals surface area contributed by atoms with Gasteiger partial charge in [0, 0.05) is 18.3 Å². The second kappa shape index (κ2) is 8.90. The first-order valence-corrected chi connectivity index (χ1v) is 12.6. The van der Waals surface area contributed by atoms with Crippen LogP contribution in [0.1, 0.15) is 37.5 Å². The van der Waals surface area contributed by atoms with Crippen LogP contribution >= 0.6 is 11.8 Å². The zero-order valence-corrected chi connectivity index (χ0v) is 21.6. The fraction of sp³-hybridized carbons (Fsp3) is 0.200. The van der Waals surface area contributed by atoms with Gasteiger partial charge in [0.25, 0.3) is 5.91 Å². The fourth-order valence-electron chi connectivity index (χ4n) is 4.58. The fourth-order valence-corrected chi connectivity index (χ4v) is 5.57. The van der Waals surface area contributed by atoms with Gasteiger partial charge in [0.1, 0.15) is 0 Å². The van der Waals surface area contributed by atoms with Gasteiger partial charge in [0.05, 0.1) is 21.8 Å². The Morgan fingerprint density at radius 3 is 2.29 bits per heavy atom. The van der Waals surface area contributed by atoms with Crippen molar-refractivity contribution in [1.82, 2.24) is 0 Å². The Balaban J connectivity index is 1.58. The highest BCUT2D eigenvalue weighted by Crippen LogP contribution is 2.41. The molecule has 0 spiro atoms. The van der Waals surface area contributed by atoms with Gasteiger partial charge in [-0.05, 0) is 98.6 Å². The number of fused-ring (bicyclic) bond motifs is 1. The van der Waals surface area contributed by atoms with Gasteiger partial charge in [-0.1, -0.05) is 42.5 Å². The molecule has 0 saturated carbocycles. The van der Waals surface area contributed by atoms with E-state index in [1.807, 2.05) is 66.7 Å². The number of hydrogen-bond acceptors (Lipinski definition) is 4. The van der Waals surface area contributed by atoms with Crippen LogP contribution in [0.4, 0.5) is 17.1 Å². The third kappa shape index (κ3) is 4.32. The normalized spacial score (nSPS) is 19.3. The lowest BCUT2D eigenvalue weighted by Crippen LogP contribution is -2.42. The maximum Gasteiger partial charge on any atom is 0.271 e. The number of nitrogens with zero attached hydrogens (tertiary/aromatic N) is 3. The molecule has 1 fully saturated rings. The smallest absolute Gasteiger partial charge is 0.271 e. The van der Waals surface area contributed by atoms with Gasteiger partial charge in [-0.3, -0.25) is 9.69 Å². The third-order valence-electron chi connectivity index (χ3n) is 6.69. The molecule has 0 aromatic heterocycles. The van der Waals surface area contributed by atoms with Crippen molar-refractivity contribution in [3.05, 3.63) is 100 Å². The van der Waals surface area contributed by atoms with Gasteiger partial charge >= 0.3 is 0 Å². The molecule has 35 heavy (non-hydrogen) atoms. The molecule has 3 aromatic rings. The Kier molecular flexibility index (Phi) is 5.89. The van der Waals surface area contributed by atoms with Gasteiger partial charge in [-0.2, -0.15) is 0 Å². The van der Waals surface area contributed by atoms with Crippen LogP contribution in [0.25, 0.3) is 11.6 Å². The number of anilines is 2. The molecule has 5 heteroatoms. The van der Waals surface area contributed by atoms with Crippen LogP contribution in [0.3, 0.4) is 0 Å². The van der Waals surface area contributed by atoms with Crippen molar-refractivity contribution in [3.8, 4) is 0 Å². The molecular weight excluding hydrogens is 450 g/mol. The topological polar surface area (TPSA) is 35.9 Å². The van der Waals surface area contributed by atoms with Crippen molar-refractivity contribution in [2.75, 3.05) is 16.8 Å². The number of carbonyl (C=O) groups is 1. The number of amides is 1. The summed E-state index contributed by atoms with van der Waals surface area (Å²) in [6.07, 6.45) is 4.32. The Labute approximate surface area is 211 Å². The summed E-state index contributed by atoms with van der Waals surface area (Å²) in [6, 6.07) is 23.9. The molecule has 1 saturated heterocycles. The molecule has 3 aromatic carbocycles. The summed E-state index contributed by atoms with van der Waals surface area (Å²) in [5, 5.41) is 0.659. The number of carbonyl (C=O) groups excluding carboxylic acids is 1. The van der Waals surface area contributed by atoms with Crippen molar-refractivity contribution in [2.45, 2.75) is 33.2 Å². The molecular formula is C30H29N3OS. The average Bonchev–Trinajstić information content (AvgIpc) is 3.14. The maximum absolute atomic E-state index is 13.6. The number of thioether (sulfide) groups is 1. The predicted octanol–water partition coefficient (Wildman–Crippen LogP) is 7.44. The number of benzene rings is 3. The molecule has 2 heterocycles. The summed E-state index contributed by atoms with van der Waals surface area (Å²) >= 11 is 1.42. The van der Waals surface area contributed by atoms with Crippen LogP contribution in [0, 0.1) is 6.92 Å². The number of aryl methyl sites for hydroxylation is 1. The highest BCUT2D eigenvalue weighted by molar-refractivity contribution is 8.19.